The highest BCUT2D eigenvalue weighted by Crippen LogP contribution is 2.17. The number of thioether (sulfide) groups is 1. The van der Waals surface area contributed by atoms with Crippen LogP contribution in [0.2, 0.25) is 0 Å². The van der Waals surface area contributed by atoms with E-state index in [4.69, 9.17) is 9.47 Å². The van der Waals surface area contributed by atoms with Crippen LogP contribution in [-0.2, 0) is 15.3 Å². The predicted octanol–water partition coefficient (Wildman–Crippen LogP) is 2.45. The number of benzene rings is 1. The summed E-state index contributed by atoms with van der Waals surface area (Å²) in [5.41, 5.74) is 2.80. The SMILES string of the molecule is O=C(CSCc1cn2ccccc2n1)N1CCOC(COc2ccc(-n3cncn3)cc2)C1. The van der Waals surface area contributed by atoms with E-state index >= 15 is 0 Å². The van der Waals surface area contributed by atoms with Gasteiger partial charge in [0.2, 0.25) is 5.91 Å². The molecule has 0 aliphatic carbocycles. The number of carbonyl (C=O) groups is 1. The minimum absolute atomic E-state index is 0.120. The number of rotatable bonds is 8. The molecule has 3 aromatic heterocycles. The van der Waals surface area contributed by atoms with Gasteiger partial charge in [0, 0.05) is 24.7 Å². The first-order valence-electron chi connectivity index (χ1n) is 10.7. The normalized spacial score (nSPS) is 16.2. The molecule has 0 bridgehead atoms. The molecule has 1 aromatic carbocycles. The summed E-state index contributed by atoms with van der Waals surface area (Å²) >= 11 is 1.58. The Kier molecular flexibility index (Phi) is 6.54. The zero-order chi connectivity index (χ0) is 22.5. The first-order valence-corrected chi connectivity index (χ1v) is 11.9. The molecule has 1 saturated heterocycles. The third-order valence-electron chi connectivity index (χ3n) is 5.34. The quantitative estimate of drug-likeness (QED) is 0.396. The summed E-state index contributed by atoms with van der Waals surface area (Å²) in [6.45, 7) is 2.05. The molecule has 1 unspecified atom stereocenters. The summed E-state index contributed by atoms with van der Waals surface area (Å²) in [6.07, 6.45) is 6.97. The highest BCUT2D eigenvalue weighted by molar-refractivity contribution is 7.99. The van der Waals surface area contributed by atoms with E-state index in [1.165, 1.54) is 6.33 Å². The molecular weight excluding hydrogens is 440 g/mol. The fourth-order valence-corrected chi connectivity index (χ4v) is 4.47. The Morgan fingerprint density at radius 3 is 2.94 bits per heavy atom. The van der Waals surface area contributed by atoms with Gasteiger partial charge in [-0.05, 0) is 36.4 Å². The molecule has 0 N–H and O–H groups in total. The van der Waals surface area contributed by atoms with Gasteiger partial charge in [-0.2, -0.15) is 5.10 Å². The van der Waals surface area contributed by atoms with Crippen molar-refractivity contribution in [3.63, 3.8) is 0 Å². The number of pyridine rings is 1. The van der Waals surface area contributed by atoms with E-state index in [0.29, 0.717) is 37.8 Å². The average Bonchev–Trinajstić information content (AvgIpc) is 3.53. The van der Waals surface area contributed by atoms with Gasteiger partial charge in [0.05, 0.1) is 30.3 Å². The summed E-state index contributed by atoms with van der Waals surface area (Å²) in [5, 5.41) is 4.11. The standard InChI is InChI=1S/C23H24N6O3S/c30-23(15-33-14-18-11-27-8-2-1-3-22(27)26-18)28-9-10-31-21(12-28)13-32-20-6-4-19(5-7-20)29-17-24-16-25-29/h1-8,11,16-17,21H,9-10,12-15H2. The Labute approximate surface area is 195 Å². The van der Waals surface area contributed by atoms with Crippen LogP contribution in [0.4, 0.5) is 0 Å². The summed E-state index contributed by atoms with van der Waals surface area (Å²) in [5.74, 6) is 1.99. The van der Waals surface area contributed by atoms with E-state index in [1.54, 1.807) is 22.8 Å². The minimum atomic E-state index is -0.152. The summed E-state index contributed by atoms with van der Waals surface area (Å²) in [7, 11) is 0. The van der Waals surface area contributed by atoms with Crippen LogP contribution in [0, 0.1) is 0 Å². The molecule has 33 heavy (non-hydrogen) atoms. The van der Waals surface area contributed by atoms with Crippen LogP contribution >= 0.6 is 11.8 Å². The third-order valence-corrected chi connectivity index (χ3v) is 6.29. The van der Waals surface area contributed by atoms with Crippen LogP contribution < -0.4 is 4.74 Å². The van der Waals surface area contributed by atoms with Gasteiger partial charge in [-0.15, -0.1) is 11.8 Å². The maximum absolute atomic E-state index is 12.7. The lowest BCUT2D eigenvalue weighted by Gasteiger charge is -2.32. The Bertz CT molecular complexity index is 1160. The van der Waals surface area contributed by atoms with E-state index in [0.717, 1.165) is 22.8 Å². The van der Waals surface area contributed by atoms with Crippen LogP contribution in [0.25, 0.3) is 11.3 Å². The Morgan fingerprint density at radius 1 is 1.21 bits per heavy atom. The van der Waals surface area contributed by atoms with Gasteiger partial charge in [0.1, 0.15) is 36.8 Å². The molecule has 4 aromatic rings. The number of imidazole rings is 1. The van der Waals surface area contributed by atoms with Crippen molar-refractivity contribution in [3.8, 4) is 11.4 Å². The van der Waals surface area contributed by atoms with Crippen LogP contribution in [-0.4, -0.2) is 73.1 Å². The molecule has 0 spiro atoms. The van der Waals surface area contributed by atoms with E-state index < -0.39 is 0 Å². The van der Waals surface area contributed by atoms with Crippen molar-refractivity contribution in [1.82, 2.24) is 29.0 Å². The van der Waals surface area contributed by atoms with Gasteiger partial charge in [-0.1, -0.05) is 6.07 Å². The number of aromatic nitrogens is 5. The molecule has 1 fully saturated rings. The van der Waals surface area contributed by atoms with Gasteiger partial charge in [-0.25, -0.2) is 14.6 Å². The number of ether oxygens (including phenoxy) is 2. The Morgan fingerprint density at radius 2 is 2.12 bits per heavy atom. The van der Waals surface area contributed by atoms with Gasteiger partial charge < -0.3 is 18.8 Å². The molecule has 4 heterocycles. The van der Waals surface area contributed by atoms with Crippen LogP contribution in [0.15, 0.2) is 67.5 Å². The van der Waals surface area contributed by atoms with Gasteiger partial charge in [-0.3, -0.25) is 4.79 Å². The average molecular weight is 465 g/mol. The van der Waals surface area contributed by atoms with E-state index in [1.807, 2.05) is 64.2 Å². The molecule has 1 amide bonds. The summed E-state index contributed by atoms with van der Waals surface area (Å²) < 4.78 is 15.4. The number of morpholine rings is 1. The molecule has 0 saturated carbocycles. The second kappa shape index (κ2) is 10.1. The second-order valence-electron chi connectivity index (χ2n) is 7.67. The first-order chi connectivity index (χ1) is 16.2. The third kappa shape index (κ3) is 5.35. The molecule has 9 nitrogen and oxygen atoms in total. The van der Waals surface area contributed by atoms with Gasteiger partial charge in [0.15, 0.2) is 0 Å². The largest absolute Gasteiger partial charge is 0.491 e. The van der Waals surface area contributed by atoms with Crippen molar-refractivity contribution in [3.05, 3.63) is 73.2 Å². The van der Waals surface area contributed by atoms with E-state index in [9.17, 15) is 4.79 Å². The van der Waals surface area contributed by atoms with E-state index in [2.05, 4.69) is 15.1 Å². The lowest BCUT2D eigenvalue weighted by Crippen LogP contribution is -2.48. The fourth-order valence-electron chi connectivity index (χ4n) is 3.66. The molecule has 1 aliphatic rings. The van der Waals surface area contributed by atoms with Crippen molar-refractivity contribution in [2.75, 3.05) is 32.1 Å². The van der Waals surface area contributed by atoms with Crippen molar-refractivity contribution in [2.24, 2.45) is 0 Å². The van der Waals surface area contributed by atoms with E-state index in [-0.39, 0.29) is 12.0 Å². The molecule has 5 rings (SSSR count). The number of amides is 1. The highest BCUT2D eigenvalue weighted by atomic mass is 32.2. The number of hydrogen-bond donors (Lipinski definition) is 0. The van der Waals surface area contributed by atoms with Crippen molar-refractivity contribution >= 4 is 23.3 Å². The topological polar surface area (TPSA) is 86.8 Å². The van der Waals surface area contributed by atoms with Crippen LogP contribution in [0.5, 0.6) is 5.75 Å². The predicted molar refractivity (Wildman–Crippen MR) is 125 cm³/mol. The smallest absolute Gasteiger partial charge is 0.232 e. The number of hydrogen-bond acceptors (Lipinski definition) is 7. The maximum Gasteiger partial charge on any atom is 0.232 e. The Hall–Kier alpha value is -3.37. The van der Waals surface area contributed by atoms with Gasteiger partial charge >= 0.3 is 0 Å². The van der Waals surface area contributed by atoms with Crippen molar-refractivity contribution < 1.29 is 14.3 Å². The number of carbonyl (C=O) groups excluding carboxylic acids is 1. The lowest BCUT2D eigenvalue weighted by atomic mass is 10.2. The highest BCUT2D eigenvalue weighted by Gasteiger charge is 2.24. The maximum atomic E-state index is 12.7. The molecular formula is C23H24N6O3S. The molecule has 170 valence electrons. The van der Waals surface area contributed by atoms with Gasteiger partial charge in [0.25, 0.3) is 0 Å². The molecule has 1 aliphatic heterocycles. The van der Waals surface area contributed by atoms with Crippen LogP contribution in [0.3, 0.4) is 0 Å². The monoisotopic (exact) mass is 464 g/mol. The zero-order valence-electron chi connectivity index (χ0n) is 18.0. The Balaban J connectivity index is 1.07. The molecule has 0 radical (unpaired) electrons. The number of nitrogens with zero attached hydrogens (tertiary/aromatic N) is 6. The summed E-state index contributed by atoms with van der Waals surface area (Å²) in [6, 6.07) is 13.5. The second-order valence-corrected chi connectivity index (χ2v) is 8.65. The lowest BCUT2D eigenvalue weighted by molar-refractivity contribution is -0.137. The van der Waals surface area contributed by atoms with Crippen LogP contribution in [0.1, 0.15) is 5.69 Å². The van der Waals surface area contributed by atoms with Crippen molar-refractivity contribution in [1.29, 1.82) is 0 Å². The summed E-state index contributed by atoms with van der Waals surface area (Å²) in [4.78, 5) is 23.1. The minimum Gasteiger partial charge on any atom is -0.491 e. The fraction of sp³-hybridized carbons (Fsp3) is 0.304. The first kappa shape index (κ1) is 21.5. The molecule has 1 atom stereocenters. The molecule has 10 heteroatoms. The van der Waals surface area contributed by atoms with Crippen molar-refractivity contribution in [2.45, 2.75) is 11.9 Å². The number of fused-ring (bicyclic) bond motifs is 1. The zero-order valence-corrected chi connectivity index (χ0v) is 18.8.